The predicted octanol–water partition coefficient (Wildman–Crippen LogP) is 11.2. The Morgan fingerprint density at radius 3 is 1.92 bits per heavy atom. The molecule has 330 valence electrons. The molecule has 0 aromatic heterocycles. The monoisotopic (exact) mass is 888 g/mol. The highest BCUT2D eigenvalue weighted by Gasteiger charge is 2.22. The standard InChI is InChI=1S/C51H57N3O7S2/c1-6-9-29-53(35-39-13-11-15-47(33-39)62(55,56)57)44-23-27-49(37(4)31-44)51(41-17-19-42(20-18-41)52-43-21-25-46(26-22-43)61-8-3)50-28-24-45(32-38(50)5)54(30-10-7-2)36-40-14-12-16-48(34-40)63(58,59)60/h11-28,31-34H,6-10,29-30,35-36H2,1-5H3,(H2,55,56,57,58,59,60)/p+1. The van der Waals surface area contributed by atoms with Crippen LogP contribution in [0.4, 0.5) is 17.1 Å². The zero-order valence-electron chi connectivity index (χ0n) is 36.7. The number of ether oxygens (including phenoxy) is 1. The third-order valence-electron chi connectivity index (χ3n) is 11.0. The molecule has 0 bridgehead atoms. The third-order valence-corrected chi connectivity index (χ3v) is 12.7. The average molecular weight is 889 g/mol. The zero-order valence-corrected chi connectivity index (χ0v) is 38.3. The zero-order chi connectivity index (χ0) is 45.1. The largest absolute Gasteiger partial charge is 0.494 e. The first-order valence-corrected chi connectivity index (χ1v) is 24.4. The number of nitrogens with zero attached hydrogens (tertiary/aromatic N) is 2. The summed E-state index contributed by atoms with van der Waals surface area (Å²) in [5, 5.41) is 3.51. The fraction of sp³-hybridized carbons (Fsp3) is 0.275. The Labute approximate surface area is 373 Å². The summed E-state index contributed by atoms with van der Waals surface area (Å²) in [6.45, 7) is 13.6. The number of benzene rings is 5. The highest BCUT2D eigenvalue weighted by molar-refractivity contribution is 7.86. The minimum Gasteiger partial charge on any atom is -0.494 e. The summed E-state index contributed by atoms with van der Waals surface area (Å²) < 4.78 is 75.2. The first-order chi connectivity index (χ1) is 30.2. The van der Waals surface area contributed by atoms with Crippen LogP contribution < -0.4 is 15.0 Å². The van der Waals surface area contributed by atoms with Gasteiger partial charge >= 0.3 is 0 Å². The number of allylic oxidation sites excluding steroid dienone is 5. The molecule has 63 heavy (non-hydrogen) atoms. The topological polar surface area (TPSA) is 136 Å². The Morgan fingerprint density at radius 2 is 1.33 bits per heavy atom. The Bertz CT molecular complexity index is 2760. The van der Waals surface area contributed by atoms with E-state index in [2.05, 4.69) is 103 Å². The van der Waals surface area contributed by atoms with Crippen molar-refractivity contribution < 1.29 is 35.3 Å². The summed E-state index contributed by atoms with van der Waals surface area (Å²) in [7, 11) is -8.67. The van der Waals surface area contributed by atoms with Crippen LogP contribution in [-0.4, -0.2) is 55.9 Å². The maximum atomic E-state index is 12.0. The molecule has 6 rings (SSSR count). The highest BCUT2D eigenvalue weighted by atomic mass is 32.2. The second-order valence-electron chi connectivity index (χ2n) is 15.8. The van der Waals surface area contributed by atoms with Crippen molar-refractivity contribution in [2.75, 3.05) is 29.9 Å². The molecular weight excluding hydrogens is 831 g/mol. The van der Waals surface area contributed by atoms with Crippen LogP contribution in [-0.2, 0) is 33.3 Å². The van der Waals surface area contributed by atoms with E-state index in [0.717, 1.165) is 112 Å². The summed E-state index contributed by atoms with van der Waals surface area (Å²) in [4.78, 5) is 2.01. The molecule has 0 heterocycles. The lowest BCUT2D eigenvalue weighted by molar-refractivity contribution is -0.543. The first-order valence-electron chi connectivity index (χ1n) is 21.5. The summed E-state index contributed by atoms with van der Waals surface area (Å²) in [6, 6.07) is 35.7. The quantitative estimate of drug-likeness (QED) is 0.0547. The maximum Gasteiger partial charge on any atom is 0.294 e. The van der Waals surface area contributed by atoms with Crippen molar-refractivity contribution in [1.29, 1.82) is 0 Å². The van der Waals surface area contributed by atoms with Crippen LogP contribution in [0.5, 0.6) is 5.75 Å². The van der Waals surface area contributed by atoms with Crippen LogP contribution in [0.25, 0.3) is 5.57 Å². The molecular formula is C51H58N3O7S2+. The number of hydrogen-bond donors (Lipinski definition) is 3. The molecule has 0 aliphatic heterocycles. The minimum atomic E-state index is -4.34. The number of anilines is 3. The van der Waals surface area contributed by atoms with Gasteiger partial charge < -0.3 is 15.0 Å². The van der Waals surface area contributed by atoms with Crippen molar-refractivity contribution in [2.45, 2.75) is 83.2 Å². The second-order valence-corrected chi connectivity index (χ2v) is 18.7. The van der Waals surface area contributed by atoms with Crippen LogP contribution in [0, 0.1) is 6.92 Å². The Hall–Kier alpha value is -5.79. The van der Waals surface area contributed by atoms with Crippen LogP contribution in [0.2, 0.25) is 0 Å². The molecule has 0 saturated heterocycles. The van der Waals surface area contributed by atoms with Gasteiger partial charge in [-0.2, -0.15) is 16.8 Å². The van der Waals surface area contributed by atoms with Gasteiger partial charge in [-0.1, -0.05) is 69.2 Å². The van der Waals surface area contributed by atoms with Gasteiger partial charge in [0.1, 0.15) is 12.3 Å². The van der Waals surface area contributed by atoms with Crippen LogP contribution in [0.3, 0.4) is 0 Å². The molecule has 0 radical (unpaired) electrons. The SMILES string of the molecule is CCCCN(Cc1cccc(S(=O)(=O)O)c1)c1ccc(/C(=C2/C=CC(=[N+](CCCC)Cc3cccc(S(=O)(=O)O)c3)C=C2C)c2ccc(Nc3ccc(OCC)cc3)cc2)c(C)c1. The van der Waals surface area contributed by atoms with E-state index in [4.69, 9.17) is 4.74 Å². The number of aryl methyl sites for hydroxylation is 1. The van der Waals surface area contributed by atoms with E-state index in [1.54, 1.807) is 12.1 Å². The van der Waals surface area contributed by atoms with Crippen LogP contribution in [0.1, 0.15) is 81.2 Å². The molecule has 1 aliphatic carbocycles. The van der Waals surface area contributed by atoms with Crippen molar-refractivity contribution in [3.05, 3.63) is 172 Å². The molecule has 0 atom stereocenters. The van der Waals surface area contributed by atoms with Crippen LogP contribution >= 0.6 is 0 Å². The smallest absolute Gasteiger partial charge is 0.294 e. The lowest BCUT2D eigenvalue weighted by atomic mass is 9.85. The molecule has 0 spiro atoms. The summed E-state index contributed by atoms with van der Waals surface area (Å²) in [6.07, 6.45) is 10.4. The molecule has 5 aromatic rings. The van der Waals surface area contributed by atoms with Crippen molar-refractivity contribution in [3.8, 4) is 5.75 Å². The van der Waals surface area contributed by atoms with E-state index in [-0.39, 0.29) is 9.79 Å². The van der Waals surface area contributed by atoms with E-state index in [0.29, 0.717) is 19.7 Å². The van der Waals surface area contributed by atoms with Crippen molar-refractivity contribution in [1.82, 2.24) is 0 Å². The van der Waals surface area contributed by atoms with Crippen LogP contribution in [0.15, 0.2) is 154 Å². The fourth-order valence-corrected chi connectivity index (χ4v) is 8.84. The maximum absolute atomic E-state index is 12.0. The van der Waals surface area contributed by atoms with Gasteiger partial charge in [0.15, 0.2) is 12.3 Å². The molecule has 0 unspecified atom stereocenters. The Balaban J connectivity index is 1.42. The van der Waals surface area contributed by atoms with Crippen molar-refractivity contribution in [3.63, 3.8) is 0 Å². The van der Waals surface area contributed by atoms with Gasteiger partial charge in [-0.15, -0.1) is 0 Å². The molecule has 0 fully saturated rings. The average Bonchev–Trinajstić information content (AvgIpc) is 3.26. The predicted molar refractivity (Wildman–Crippen MR) is 255 cm³/mol. The van der Waals surface area contributed by atoms with Gasteiger partial charge in [0.25, 0.3) is 20.2 Å². The van der Waals surface area contributed by atoms with E-state index < -0.39 is 20.2 Å². The molecule has 3 N–H and O–H groups in total. The van der Waals surface area contributed by atoms with Gasteiger partial charge in [0.05, 0.1) is 16.4 Å². The van der Waals surface area contributed by atoms with Gasteiger partial charge in [0, 0.05) is 54.3 Å². The Morgan fingerprint density at radius 1 is 0.714 bits per heavy atom. The van der Waals surface area contributed by atoms with Gasteiger partial charge in [0.2, 0.25) is 0 Å². The van der Waals surface area contributed by atoms with E-state index in [1.807, 2.05) is 43.3 Å². The lowest BCUT2D eigenvalue weighted by Gasteiger charge is -2.27. The normalized spacial score (nSPS) is 14.6. The van der Waals surface area contributed by atoms with Gasteiger partial charge in [-0.25, -0.2) is 4.58 Å². The highest BCUT2D eigenvalue weighted by Crippen LogP contribution is 2.37. The van der Waals surface area contributed by atoms with Crippen molar-refractivity contribution >= 4 is 48.6 Å². The first kappa shape index (κ1) is 46.7. The van der Waals surface area contributed by atoms with E-state index in [9.17, 15) is 25.9 Å². The molecule has 0 saturated carbocycles. The van der Waals surface area contributed by atoms with E-state index in [1.165, 1.54) is 24.3 Å². The molecule has 5 aromatic carbocycles. The summed E-state index contributed by atoms with van der Waals surface area (Å²) in [5.41, 5.74) is 11.8. The number of nitrogens with one attached hydrogen (secondary N) is 1. The van der Waals surface area contributed by atoms with E-state index >= 15 is 0 Å². The minimum absolute atomic E-state index is 0.122. The molecule has 1 aliphatic rings. The lowest BCUT2D eigenvalue weighted by Crippen LogP contribution is -2.24. The number of unbranched alkanes of at least 4 members (excludes halogenated alkanes) is 2. The van der Waals surface area contributed by atoms with Gasteiger partial charge in [-0.3, -0.25) is 9.11 Å². The van der Waals surface area contributed by atoms with Gasteiger partial charge in [-0.05, 0) is 145 Å². The third kappa shape index (κ3) is 12.4. The van der Waals surface area contributed by atoms with Crippen molar-refractivity contribution in [2.24, 2.45) is 0 Å². The number of hydrogen-bond acceptors (Lipinski definition) is 7. The summed E-state index contributed by atoms with van der Waals surface area (Å²) in [5.74, 6) is 0.820. The number of rotatable bonds is 19. The second kappa shape index (κ2) is 21.1. The summed E-state index contributed by atoms with van der Waals surface area (Å²) >= 11 is 0. The molecule has 10 nitrogen and oxygen atoms in total. The molecule has 12 heteroatoms. The molecule has 0 amide bonds. The fourth-order valence-electron chi connectivity index (χ4n) is 7.74. The Kier molecular flexibility index (Phi) is 15.6.